The Morgan fingerprint density at radius 3 is 2.46 bits per heavy atom. The summed E-state index contributed by atoms with van der Waals surface area (Å²) in [7, 11) is 0.482. The summed E-state index contributed by atoms with van der Waals surface area (Å²) >= 11 is 5.03. The fourth-order valence-corrected chi connectivity index (χ4v) is 7.29. The van der Waals surface area contributed by atoms with Gasteiger partial charge in [0.2, 0.25) is 15.9 Å². The van der Waals surface area contributed by atoms with Gasteiger partial charge in [0.05, 0.1) is 15.1 Å². The van der Waals surface area contributed by atoms with Crippen LogP contribution in [0.4, 0.5) is 5.13 Å². The zero-order chi connectivity index (χ0) is 25.2. The molecule has 10 heteroatoms. The van der Waals surface area contributed by atoms with Gasteiger partial charge in [-0.15, -0.1) is 0 Å². The van der Waals surface area contributed by atoms with Gasteiger partial charge in [-0.1, -0.05) is 45.0 Å². The molecular formula is C25H31BrN4O3S2. The Morgan fingerprint density at radius 1 is 1.11 bits per heavy atom. The van der Waals surface area contributed by atoms with E-state index in [0.29, 0.717) is 42.5 Å². The average molecular weight is 580 g/mol. The molecule has 7 nitrogen and oxygen atoms in total. The first-order chi connectivity index (χ1) is 16.6. The second-order valence-electron chi connectivity index (χ2n) is 9.25. The van der Waals surface area contributed by atoms with Crippen molar-refractivity contribution in [1.82, 2.24) is 14.2 Å². The van der Waals surface area contributed by atoms with Crippen molar-refractivity contribution in [2.24, 2.45) is 5.92 Å². The first-order valence-electron chi connectivity index (χ1n) is 11.7. The molecule has 0 saturated carbocycles. The van der Waals surface area contributed by atoms with Gasteiger partial charge in [-0.2, -0.15) is 4.31 Å². The predicted molar refractivity (Wildman–Crippen MR) is 146 cm³/mol. The molecule has 0 radical (unpaired) electrons. The van der Waals surface area contributed by atoms with Crippen molar-refractivity contribution in [1.29, 1.82) is 0 Å². The van der Waals surface area contributed by atoms with Crippen LogP contribution in [-0.2, 0) is 14.8 Å². The number of benzene rings is 2. The van der Waals surface area contributed by atoms with Crippen molar-refractivity contribution in [3.8, 4) is 0 Å². The maximum Gasteiger partial charge on any atom is 0.243 e. The van der Waals surface area contributed by atoms with Crippen LogP contribution in [0.2, 0.25) is 0 Å². The van der Waals surface area contributed by atoms with E-state index in [9.17, 15) is 13.2 Å². The zero-order valence-electron chi connectivity index (χ0n) is 20.3. The molecule has 4 rings (SSSR count). The van der Waals surface area contributed by atoms with Gasteiger partial charge in [0.1, 0.15) is 0 Å². The van der Waals surface area contributed by atoms with Crippen LogP contribution < -0.4 is 4.90 Å². The second kappa shape index (κ2) is 11.0. The number of nitrogens with zero attached hydrogens (tertiary/aromatic N) is 4. The highest BCUT2D eigenvalue weighted by atomic mass is 79.9. The number of rotatable bonds is 8. The van der Waals surface area contributed by atoms with Gasteiger partial charge in [-0.25, -0.2) is 13.4 Å². The minimum Gasteiger partial charge on any atom is -0.309 e. The quantitative estimate of drug-likeness (QED) is 0.385. The van der Waals surface area contributed by atoms with Crippen LogP contribution in [0.3, 0.4) is 0 Å². The van der Waals surface area contributed by atoms with Gasteiger partial charge in [0.15, 0.2) is 5.13 Å². The molecule has 1 fully saturated rings. The molecule has 2 aromatic carbocycles. The van der Waals surface area contributed by atoms with Crippen molar-refractivity contribution in [2.45, 2.75) is 31.1 Å². The molecule has 1 aromatic heterocycles. The van der Waals surface area contributed by atoms with E-state index in [1.165, 1.54) is 15.6 Å². The standard InChI is InChI=1S/C25H31BrN4O3S2/c1-18-5-8-21(9-6-18)35(32,33)29-15-11-19(12-16-29)24(31)30(14-4-13-28(2)3)25-27-22-10-7-20(26)17-23(22)34-25/h5-10,17,19H,4,11-16H2,1-3H3. The summed E-state index contributed by atoms with van der Waals surface area (Å²) in [5.41, 5.74) is 1.89. The van der Waals surface area contributed by atoms with Gasteiger partial charge in [-0.3, -0.25) is 9.69 Å². The van der Waals surface area contributed by atoms with Crippen LogP contribution in [0, 0.1) is 12.8 Å². The smallest absolute Gasteiger partial charge is 0.243 e. The van der Waals surface area contributed by atoms with E-state index >= 15 is 0 Å². The van der Waals surface area contributed by atoms with E-state index < -0.39 is 10.0 Å². The minimum atomic E-state index is -3.56. The molecule has 0 atom stereocenters. The van der Waals surface area contributed by atoms with Crippen molar-refractivity contribution >= 4 is 58.5 Å². The highest BCUT2D eigenvalue weighted by molar-refractivity contribution is 9.10. The van der Waals surface area contributed by atoms with Gasteiger partial charge in [0.25, 0.3) is 0 Å². The van der Waals surface area contributed by atoms with E-state index in [0.717, 1.165) is 33.2 Å². The number of amides is 1. The lowest BCUT2D eigenvalue weighted by molar-refractivity contribution is -0.123. The summed E-state index contributed by atoms with van der Waals surface area (Å²) in [5, 5.41) is 0.705. The van der Waals surface area contributed by atoms with Gasteiger partial charge in [-0.05, 0) is 77.2 Å². The predicted octanol–water partition coefficient (Wildman–Crippen LogP) is 4.75. The van der Waals surface area contributed by atoms with Gasteiger partial charge in [0, 0.05) is 30.0 Å². The zero-order valence-corrected chi connectivity index (χ0v) is 23.5. The summed E-state index contributed by atoms with van der Waals surface area (Å²) in [6.45, 7) is 4.06. The summed E-state index contributed by atoms with van der Waals surface area (Å²) in [5.74, 6) is -0.188. The molecule has 35 heavy (non-hydrogen) atoms. The van der Waals surface area contributed by atoms with Crippen LogP contribution in [0.15, 0.2) is 51.8 Å². The molecule has 1 saturated heterocycles. The highest BCUT2D eigenvalue weighted by Crippen LogP contribution is 2.33. The van der Waals surface area contributed by atoms with Crippen LogP contribution in [0.5, 0.6) is 0 Å². The summed E-state index contributed by atoms with van der Waals surface area (Å²) in [6, 6.07) is 12.9. The fraction of sp³-hybridized carbons (Fsp3) is 0.440. The lowest BCUT2D eigenvalue weighted by Crippen LogP contribution is -2.45. The van der Waals surface area contributed by atoms with Crippen LogP contribution in [0.1, 0.15) is 24.8 Å². The molecule has 3 aromatic rings. The largest absolute Gasteiger partial charge is 0.309 e. The normalized spacial score (nSPS) is 15.7. The number of thiazole rings is 1. The summed E-state index contributed by atoms with van der Waals surface area (Å²) in [6.07, 6.45) is 1.84. The number of halogens is 1. The molecule has 0 unspecified atom stereocenters. The molecule has 1 amide bonds. The number of hydrogen-bond donors (Lipinski definition) is 0. The Morgan fingerprint density at radius 2 is 1.80 bits per heavy atom. The number of fused-ring (bicyclic) bond motifs is 1. The molecule has 0 aliphatic carbocycles. The Balaban J connectivity index is 1.49. The maximum absolute atomic E-state index is 13.7. The van der Waals surface area contributed by atoms with Crippen LogP contribution >= 0.6 is 27.3 Å². The van der Waals surface area contributed by atoms with Crippen molar-refractivity contribution in [3.05, 3.63) is 52.5 Å². The first-order valence-corrected chi connectivity index (χ1v) is 14.8. The Bertz CT molecular complexity index is 1280. The van der Waals surface area contributed by atoms with Crippen molar-refractivity contribution in [3.63, 3.8) is 0 Å². The first kappa shape index (κ1) is 26.2. The van der Waals surface area contributed by atoms with Crippen molar-refractivity contribution < 1.29 is 13.2 Å². The minimum absolute atomic E-state index is 0.0364. The molecule has 188 valence electrons. The van der Waals surface area contributed by atoms with E-state index in [4.69, 9.17) is 4.98 Å². The molecule has 0 spiro atoms. The summed E-state index contributed by atoms with van der Waals surface area (Å²) < 4.78 is 29.7. The Labute approximate surface area is 219 Å². The van der Waals surface area contributed by atoms with E-state index in [1.807, 2.05) is 56.3 Å². The number of carbonyl (C=O) groups is 1. The monoisotopic (exact) mass is 578 g/mol. The third kappa shape index (κ3) is 6.11. The number of piperidine rings is 1. The van der Waals surface area contributed by atoms with E-state index in [2.05, 4.69) is 20.8 Å². The fourth-order valence-electron chi connectivity index (χ4n) is 4.27. The number of hydrogen-bond acceptors (Lipinski definition) is 6. The Hall–Kier alpha value is -1.85. The number of carbonyl (C=O) groups excluding carboxylic acids is 1. The lowest BCUT2D eigenvalue weighted by Gasteiger charge is -2.33. The van der Waals surface area contributed by atoms with Crippen LogP contribution in [0.25, 0.3) is 10.2 Å². The second-order valence-corrected chi connectivity index (χ2v) is 13.1. The van der Waals surface area contributed by atoms with Gasteiger partial charge < -0.3 is 4.90 Å². The third-order valence-corrected chi connectivity index (χ3v) is 9.73. The topological polar surface area (TPSA) is 73.8 Å². The molecule has 1 aliphatic heterocycles. The van der Waals surface area contributed by atoms with E-state index in [1.54, 1.807) is 12.1 Å². The maximum atomic E-state index is 13.7. The average Bonchev–Trinajstić information content (AvgIpc) is 3.24. The SMILES string of the molecule is Cc1ccc(S(=O)(=O)N2CCC(C(=O)N(CCCN(C)C)c3nc4ccc(Br)cc4s3)CC2)cc1. The molecule has 0 bridgehead atoms. The highest BCUT2D eigenvalue weighted by Gasteiger charge is 2.35. The summed E-state index contributed by atoms with van der Waals surface area (Å²) in [4.78, 5) is 22.7. The molecular weight excluding hydrogens is 548 g/mol. The molecule has 2 heterocycles. The van der Waals surface area contributed by atoms with Gasteiger partial charge >= 0.3 is 0 Å². The third-order valence-electron chi connectivity index (χ3n) is 6.29. The Kier molecular flexibility index (Phi) is 8.27. The van der Waals surface area contributed by atoms with Crippen LogP contribution in [-0.4, -0.2) is 68.8 Å². The number of aromatic nitrogens is 1. The molecule has 0 N–H and O–H groups in total. The van der Waals surface area contributed by atoms with E-state index in [-0.39, 0.29) is 11.8 Å². The number of aryl methyl sites for hydroxylation is 1. The number of sulfonamides is 1. The molecule has 1 aliphatic rings. The lowest BCUT2D eigenvalue weighted by atomic mass is 9.96. The van der Waals surface area contributed by atoms with Crippen molar-refractivity contribution in [2.75, 3.05) is 45.2 Å². The number of anilines is 1.